The molecule has 2 aromatic rings. The van der Waals surface area contributed by atoms with E-state index in [4.69, 9.17) is 4.74 Å². The van der Waals surface area contributed by atoms with Crippen LogP contribution in [0.4, 0.5) is 5.69 Å². The lowest BCUT2D eigenvalue weighted by molar-refractivity contribution is -0.123. The van der Waals surface area contributed by atoms with E-state index in [2.05, 4.69) is 5.32 Å². The predicted octanol–water partition coefficient (Wildman–Crippen LogP) is 3.82. The maximum absolute atomic E-state index is 13.1. The summed E-state index contributed by atoms with van der Waals surface area (Å²) >= 11 is 0. The highest BCUT2D eigenvalue weighted by atomic mass is 32.2. The number of sulfonamides is 1. The van der Waals surface area contributed by atoms with Gasteiger partial charge in [0.05, 0.1) is 25.1 Å². The van der Waals surface area contributed by atoms with Crippen LogP contribution in [0.5, 0.6) is 5.75 Å². The highest BCUT2D eigenvalue weighted by Gasteiger charge is 2.32. The molecule has 0 radical (unpaired) electrons. The second-order valence-electron chi connectivity index (χ2n) is 7.06. The van der Waals surface area contributed by atoms with Gasteiger partial charge in [-0.15, -0.1) is 0 Å². The third-order valence-electron chi connectivity index (χ3n) is 4.86. The molecule has 7 heteroatoms. The Kier molecular flexibility index (Phi) is 7.67. The monoisotopic (exact) mass is 418 g/mol. The average Bonchev–Trinajstić information content (AvgIpc) is 2.70. The van der Waals surface area contributed by atoms with Gasteiger partial charge in [0.1, 0.15) is 11.8 Å². The van der Waals surface area contributed by atoms with Gasteiger partial charge in [0.2, 0.25) is 15.9 Å². The molecule has 29 heavy (non-hydrogen) atoms. The van der Waals surface area contributed by atoms with Crippen molar-refractivity contribution in [1.82, 2.24) is 5.32 Å². The molecule has 0 aromatic heterocycles. The number of aryl methyl sites for hydroxylation is 1. The van der Waals surface area contributed by atoms with E-state index in [-0.39, 0.29) is 11.9 Å². The number of methoxy groups -OCH3 is 1. The van der Waals surface area contributed by atoms with Crippen molar-refractivity contribution < 1.29 is 17.9 Å². The van der Waals surface area contributed by atoms with Gasteiger partial charge in [-0.25, -0.2) is 8.42 Å². The van der Waals surface area contributed by atoms with Crippen molar-refractivity contribution in [3.05, 3.63) is 59.7 Å². The molecule has 0 saturated carbocycles. The Morgan fingerprint density at radius 2 is 1.62 bits per heavy atom. The molecule has 0 saturated heterocycles. The summed E-state index contributed by atoms with van der Waals surface area (Å²) in [6.45, 7) is 5.80. The Morgan fingerprint density at radius 1 is 1.03 bits per heavy atom. The molecular weight excluding hydrogens is 388 g/mol. The quantitative estimate of drug-likeness (QED) is 0.672. The fourth-order valence-electron chi connectivity index (χ4n) is 3.28. The molecule has 2 atom stereocenters. The zero-order valence-electron chi connectivity index (χ0n) is 17.7. The van der Waals surface area contributed by atoms with Gasteiger partial charge in [0, 0.05) is 0 Å². The van der Waals surface area contributed by atoms with Crippen molar-refractivity contribution in [2.24, 2.45) is 0 Å². The first kappa shape index (κ1) is 22.7. The van der Waals surface area contributed by atoms with Gasteiger partial charge in [-0.2, -0.15) is 0 Å². The molecule has 6 nitrogen and oxygen atoms in total. The summed E-state index contributed by atoms with van der Waals surface area (Å²) in [5, 5.41) is 3.03. The number of benzene rings is 2. The van der Waals surface area contributed by atoms with Crippen LogP contribution < -0.4 is 14.4 Å². The largest absolute Gasteiger partial charge is 0.497 e. The molecule has 0 bridgehead atoms. The number of ether oxygens (including phenoxy) is 1. The maximum Gasteiger partial charge on any atom is 0.244 e. The number of anilines is 1. The maximum atomic E-state index is 13.1. The molecule has 0 heterocycles. The number of nitrogens with one attached hydrogen (secondary N) is 1. The number of nitrogens with zero attached hydrogens (tertiary/aromatic N) is 1. The third kappa shape index (κ3) is 5.73. The van der Waals surface area contributed by atoms with Crippen LogP contribution >= 0.6 is 0 Å². The lowest BCUT2D eigenvalue weighted by Gasteiger charge is -2.31. The molecule has 1 amide bonds. The predicted molar refractivity (Wildman–Crippen MR) is 117 cm³/mol. The topological polar surface area (TPSA) is 75.7 Å². The Hall–Kier alpha value is -2.54. The van der Waals surface area contributed by atoms with Gasteiger partial charge in [-0.3, -0.25) is 9.10 Å². The van der Waals surface area contributed by atoms with Crippen LogP contribution in [0.25, 0.3) is 0 Å². The van der Waals surface area contributed by atoms with Crippen molar-refractivity contribution in [1.29, 1.82) is 0 Å². The van der Waals surface area contributed by atoms with E-state index in [0.717, 1.165) is 17.4 Å². The van der Waals surface area contributed by atoms with Gasteiger partial charge in [0.25, 0.3) is 0 Å². The van der Waals surface area contributed by atoms with Crippen LogP contribution in [0.3, 0.4) is 0 Å². The molecule has 0 fully saturated rings. The lowest BCUT2D eigenvalue weighted by atomic mass is 10.0. The first-order valence-corrected chi connectivity index (χ1v) is 11.6. The minimum Gasteiger partial charge on any atom is -0.497 e. The van der Waals surface area contributed by atoms with E-state index in [1.165, 1.54) is 4.31 Å². The number of carbonyl (C=O) groups excluding carboxylic acids is 1. The minimum atomic E-state index is -3.67. The first-order chi connectivity index (χ1) is 13.7. The van der Waals surface area contributed by atoms with Crippen LogP contribution in [-0.4, -0.2) is 33.7 Å². The Labute approximate surface area is 173 Å². The van der Waals surface area contributed by atoms with Gasteiger partial charge in [-0.05, 0) is 49.6 Å². The summed E-state index contributed by atoms with van der Waals surface area (Å²) in [6.07, 6.45) is 2.16. The summed E-state index contributed by atoms with van der Waals surface area (Å²) in [6, 6.07) is 13.6. The number of carbonyl (C=O) groups is 1. The van der Waals surface area contributed by atoms with Crippen molar-refractivity contribution in [3.63, 3.8) is 0 Å². The zero-order valence-corrected chi connectivity index (χ0v) is 18.5. The highest BCUT2D eigenvalue weighted by Crippen LogP contribution is 2.26. The molecule has 1 N–H and O–H groups in total. The second kappa shape index (κ2) is 9.78. The fourth-order valence-corrected chi connectivity index (χ4v) is 4.49. The summed E-state index contributed by atoms with van der Waals surface area (Å²) in [5.41, 5.74) is 2.57. The van der Waals surface area contributed by atoms with Crippen LogP contribution in [-0.2, 0) is 14.8 Å². The summed E-state index contributed by atoms with van der Waals surface area (Å²) in [7, 11) is -2.13. The highest BCUT2D eigenvalue weighted by molar-refractivity contribution is 7.92. The fraction of sp³-hybridized carbons (Fsp3) is 0.409. The SMILES string of the molecule is CC[C@H](NC(=O)[C@H](CC)N(c1ccc(OC)cc1)S(C)(=O)=O)c1ccc(C)cc1. The van der Waals surface area contributed by atoms with Crippen LogP contribution in [0, 0.1) is 6.92 Å². The molecule has 158 valence electrons. The normalized spacial score (nSPS) is 13.4. The van der Waals surface area contributed by atoms with E-state index < -0.39 is 16.1 Å². The molecule has 0 aliphatic heterocycles. The second-order valence-corrected chi connectivity index (χ2v) is 8.92. The van der Waals surface area contributed by atoms with E-state index in [1.54, 1.807) is 38.3 Å². The zero-order chi connectivity index (χ0) is 21.6. The third-order valence-corrected chi connectivity index (χ3v) is 6.04. The number of hydrogen-bond acceptors (Lipinski definition) is 4. The Balaban J connectivity index is 2.32. The summed E-state index contributed by atoms with van der Waals surface area (Å²) in [4.78, 5) is 13.1. The molecule has 2 aromatic carbocycles. The van der Waals surface area contributed by atoms with E-state index >= 15 is 0 Å². The van der Waals surface area contributed by atoms with Crippen molar-refractivity contribution in [3.8, 4) is 5.75 Å². The van der Waals surface area contributed by atoms with Crippen molar-refractivity contribution in [2.45, 2.75) is 45.7 Å². The molecule has 0 spiro atoms. The molecule has 0 aliphatic rings. The van der Waals surface area contributed by atoms with Crippen LogP contribution in [0.1, 0.15) is 43.9 Å². The lowest BCUT2D eigenvalue weighted by Crippen LogP contribution is -2.50. The van der Waals surface area contributed by atoms with Gasteiger partial charge < -0.3 is 10.1 Å². The van der Waals surface area contributed by atoms with E-state index in [0.29, 0.717) is 24.3 Å². The van der Waals surface area contributed by atoms with Crippen LogP contribution in [0.2, 0.25) is 0 Å². The average molecular weight is 419 g/mol. The first-order valence-electron chi connectivity index (χ1n) is 9.71. The van der Waals surface area contributed by atoms with Gasteiger partial charge in [0.15, 0.2) is 0 Å². The van der Waals surface area contributed by atoms with Crippen molar-refractivity contribution >= 4 is 21.6 Å². The summed E-state index contributed by atoms with van der Waals surface area (Å²) < 4.78 is 31.5. The van der Waals surface area contributed by atoms with Crippen molar-refractivity contribution in [2.75, 3.05) is 17.7 Å². The molecule has 0 aliphatic carbocycles. The number of rotatable bonds is 9. The smallest absolute Gasteiger partial charge is 0.244 e. The number of amides is 1. The van der Waals surface area contributed by atoms with Gasteiger partial charge in [-0.1, -0.05) is 43.7 Å². The standard InChI is InChI=1S/C22H30N2O4S/c1-6-20(17-10-8-16(3)9-11-17)23-22(25)21(7-2)24(29(5,26)27)18-12-14-19(28-4)15-13-18/h8-15,20-21H,6-7H2,1-5H3,(H,23,25)/t20-,21-/m0/s1. The van der Waals surface area contributed by atoms with Gasteiger partial charge >= 0.3 is 0 Å². The minimum absolute atomic E-state index is 0.186. The molecular formula is C22H30N2O4S. The molecule has 2 rings (SSSR count). The van der Waals surface area contributed by atoms with E-state index in [9.17, 15) is 13.2 Å². The Bertz CT molecular complexity index is 909. The number of hydrogen-bond donors (Lipinski definition) is 1. The molecule has 0 unspecified atom stereocenters. The summed E-state index contributed by atoms with van der Waals surface area (Å²) in [5.74, 6) is 0.297. The van der Waals surface area contributed by atoms with Crippen LogP contribution in [0.15, 0.2) is 48.5 Å². The Morgan fingerprint density at radius 3 is 2.07 bits per heavy atom. The van der Waals surface area contributed by atoms with E-state index in [1.807, 2.05) is 38.1 Å².